The molecule has 4 nitrogen and oxygen atoms in total. The number of rotatable bonds is 8. The van der Waals surface area contributed by atoms with E-state index in [2.05, 4.69) is 0 Å². The largest absolute Gasteiger partial charge is 0.371 e. The molecule has 2 saturated heterocycles. The monoisotopic (exact) mass is 262 g/mol. The maximum Gasteiger partial charge on any atom is 0.177 e. The third-order valence-electron chi connectivity index (χ3n) is 2.94. The Morgan fingerprint density at radius 3 is 2.16 bits per heavy atom. The standard InChI is InChI=1S/C15H18O4/c1-2-4-12(5-3-1)6-7-15(18-10-13-8-16-13)19-11-14-9-17-14/h1-7,13-15H,8-11H2. The van der Waals surface area contributed by atoms with E-state index in [-0.39, 0.29) is 18.5 Å². The van der Waals surface area contributed by atoms with Crippen molar-refractivity contribution >= 4 is 6.08 Å². The van der Waals surface area contributed by atoms with Gasteiger partial charge in [0.25, 0.3) is 0 Å². The molecule has 0 spiro atoms. The first-order chi connectivity index (χ1) is 9.40. The third-order valence-corrected chi connectivity index (χ3v) is 2.94. The highest BCUT2D eigenvalue weighted by atomic mass is 16.7. The highest BCUT2D eigenvalue weighted by Gasteiger charge is 2.26. The van der Waals surface area contributed by atoms with Crippen molar-refractivity contribution in [3.63, 3.8) is 0 Å². The minimum Gasteiger partial charge on any atom is -0.371 e. The van der Waals surface area contributed by atoms with Crippen molar-refractivity contribution in [2.24, 2.45) is 0 Å². The molecule has 0 aromatic heterocycles. The van der Waals surface area contributed by atoms with Gasteiger partial charge < -0.3 is 18.9 Å². The average molecular weight is 262 g/mol. The van der Waals surface area contributed by atoms with Crippen LogP contribution in [0.2, 0.25) is 0 Å². The molecular weight excluding hydrogens is 244 g/mol. The second-order valence-corrected chi connectivity index (χ2v) is 4.72. The molecule has 0 amide bonds. The van der Waals surface area contributed by atoms with Crippen molar-refractivity contribution in [2.45, 2.75) is 18.5 Å². The maximum atomic E-state index is 5.68. The predicted octanol–water partition coefficient (Wildman–Crippen LogP) is 1.86. The summed E-state index contributed by atoms with van der Waals surface area (Å²) in [7, 11) is 0. The molecular formula is C15H18O4. The molecule has 0 bridgehead atoms. The van der Waals surface area contributed by atoms with Gasteiger partial charge in [0, 0.05) is 0 Å². The number of hydrogen-bond donors (Lipinski definition) is 0. The fraction of sp³-hybridized carbons (Fsp3) is 0.467. The Labute approximate surface area is 112 Å². The molecule has 0 saturated carbocycles. The Balaban J connectivity index is 1.51. The number of benzene rings is 1. The Morgan fingerprint density at radius 1 is 1.05 bits per heavy atom. The number of epoxide rings is 2. The summed E-state index contributed by atoms with van der Waals surface area (Å²) >= 11 is 0. The van der Waals surface area contributed by atoms with Crippen molar-refractivity contribution < 1.29 is 18.9 Å². The molecule has 2 heterocycles. The van der Waals surface area contributed by atoms with E-state index in [4.69, 9.17) is 18.9 Å². The summed E-state index contributed by atoms with van der Waals surface area (Å²) in [4.78, 5) is 0. The highest BCUT2D eigenvalue weighted by Crippen LogP contribution is 2.14. The molecule has 2 atom stereocenters. The topological polar surface area (TPSA) is 43.5 Å². The molecule has 19 heavy (non-hydrogen) atoms. The zero-order chi connectivity index (χ0) is 12.9. The lowest BCUT2D eigenvalue weighted by Gasteiger charge is -2.13. The van der Waals surface area contributed by atoms with Crippen LogP contribution in [-0.2, 0) is 18.9 Å². The Kier molecular flexibility index (Phi) is 4.25. The van der Waals surface area contributed by atoms with Crippen molar-refractivity contribution in [2.75, 3.05) is 26.4 Å². The van der Waals surface area contributed by atoms with Crippen molar-refractivity contribution in [3.8, 4) is 0 Å². The second-order valence-electron chi connectivity index (χ2n) is 4.72. The van der Waals surface area contributed by atoms with Crippen LogP contribution in [-0.4, -0.2) is 44.9 Å². The van der Waals surface area contributed by atoms with Gasteiger partial charge in [-0.25, -0.2) is 0 Å². The minimum atomic E-state index is -0.339. The van der Waals surface area contributed by atoms with Gasteiger partial charge in [-0.05, 0) is 11.6 Å². The predicted molar refractivity (Wildman–Crippen MR) is 70.6 cm³/mol. The SMILES string of the molecule is C(=CC(OCC1CO1)OCC1CO1)c1ccccc1. The van der Waals surface area contributed by atoms with E-state index >= 15 is 0 Å². The molecule has 1 aromatic carbocycles. The van der Waals surface area contributed by atoms with Gasteiger partial charge in [0.1, 0.15) is 12.2 Å². The van der Waals surface area contributed by atoms with E-state index in [1.54, 1.807) is 0 Å². The van der Waals surface area contributed by atoms with Crippen LogP contribution in [0.1, 0.15) is 5.56 Å². The molecule has 0 N–H and O–H groups in total. The molecule has 2 aliphatic rings. The van der Waals surface area contributed by atoms with Crippen LogP contribution < -0.4 is 0 Å². The van der Waals surface area contributed by atoms with Crippen LogP contribution in [0.25, 0.3) is 6.08 Å². The summed E-state index contributed by atoms with van der Waals surface area (Å²) in [5.41, 5.74) is 1.13. The summed E-state index contributed by atoms with van der Waals surface area (Å²) in [5.74, 6) is 0. The fourth-order valence-electron chi connectivity index (χ4n) is 1.65. The molecule has 2 unspecified atom stereocenters. The van der Waals surface area contributed by atoms with Gasteiger partial charge in [0.15, 0.2) is 6.29 Å². The fourth-order valence-corrected chi connectivity index (χ4v) is 1.65. The van der Waals surface area contributed by atoms with Crippen LogP contribution in [0, 0.1) is 0 Å². The first-order valence-corrected chi connectivity index (χ1v) is 6.60. The Bertz CT molecular complexity index is 393. The quantitative estimate of drug-likeness (QED) is 0.530. The summed E-state index contributed by atoms with van der Waals surface area (Å²) in [6.07, 6.45) is 4.09. The number of hydrogen-bond acceptors (Lipinski definition) is 4. The van der Waals surface area contributed by atoms with E-state index in [1.807, 2.05) is 42.5 Å². The summed E-state index contributed by atoms with van der Waals surface area (Å²) in [6, 6.07) is 10.1. The van der Waals surface area contributed by atoms with Gasteiger partial charge in [0.2, 0.25) is 0 Å². The van der Waals surface area contributed by atoms with E-state index in [9.17, 15) is 0 Å². The average Bonchev–Trinajstić information content (AvgIpc) is 3.33. The van der Waals surface area contributed by atoms with Crippen LogP contribution in [0.4, 0.5) is 0 Å². The number of ether oxygens (including phenoxy) is 4. The second kappa shape index (κ2) is 6.30. The van der Waals surface area contributed by atoms with Crippen molar-refractivity contribution in [1.29, 1.82) is 0 Å². The lowest BCUT2D eigenvalue weighted by Crippen LogP contribution is -2.19. The molecule has 4 heteroatoms. The van der Waals surface area contributed by atoms with Crippen LogP contribution in [0.5, 0.6) is 0 Å². The molecule has 3 rings (SSSR count). The smallest absolute Gasteiger partial charge is 0.177 e. The van der Waals surface area contributed by atoms with Crippen LogP contribution in [0.3, 0.4) is 0 Å². The van der Waals surface area contributed by atoms with Gasteiger partial charge in [-0.2, -0.15) is 0 Å². The van der Waals surface area contributed by atoms with E-state index in [0.29, 0.717) is 13.2 Å². The lowest BCUT2D eigenvalue weighted by atomic mass is 10.2. The van der Waals surface area contributed by atoms with Crippen LogP contribution in [0.15, 0.2) is 36.4 Å². The summed E-state index contributed by atoms with van der Waals surface area (Å²) in [6.45, 7) is 2.74. The van der Waals surface area contributed by atoms with Gasteiger partial charge in [-0.1, -0.05) is 36.4 Å². The zero-order valence-electron chi connectivity index (χ0n) is 10.7. The van der Waals surface area contributed by atoms with Crippen LogP contribution >= 0.6 is 0 Å². The minimum absolute atomic E-state index is 0.244. The Hall–Kier alpha value is -1.20. The van der Waals surface area contributed by atoms with E-state index in [0.717, 1.165) is 18.8 Å². The summed E-state index contributed by atoms with van der Waals surface area (Å²) in [5, 5.41) is 0. The molecule has 2 aliphatic heterocycles. The maximum absolute atomic E-state index is 5.68. The molecule has 0 aliphatic carbocycles. The van der Waals surface area contributed by atoms with Crippen molar-refractivity contribution in [1.82, 2.24) is 0 Å². The molecule has 1 aromatic rings. The molecule has 0 radical (unpaired) electrons. The Morgan fingerprint density at radius 2 is 1.63 bits per heavy atom. The summed E-state index contributed by atoms with van der Waals surface area (Å²) < 4.78 is 21.6. The third kappa shape index (κ3) is 4.76. The van der Waals surface area contributed by atoms with Crippen molar-refractivity contribution in [3.05, 3.63) is 42.0 Å². The zero-order valence-corrected chi connectivity index (χ0v) is 10.7. The van der Waals surface area contributed by atoms with Gasteiger partial charge >= 0.3 is 0 Å². The first-order valence-electron chi connectivity index (χ1n) is 6.60. The molecule has 2 fully saturated rings. The van der Waals surface area contributed by atoms with Gasteiger partial charge in [-0.3, -0.25) is 0 Å². The lowest BCUT2D eigenvalue weighted by molar-refractivity contribution is -0.116. The highest BCUT2D eigenvalue weighted by molar-refractivity contribution is 5.48. The van der Waals surface area contributed by atoms with E-state index in [1.165, 1.54) is 0 Å². The first kappa shape index (κ1) is 12.8. The van der Waals surface area contributed by atoms with Gasteiger partial charge in [-0.15, -0.1) is 0 Å². The normalized spacial score (nSPS) is 26.5. The van der Waals surface area contributed by atoms with Gasteiger partial charge in [0.05, 0.1) is 26.4 Å². The van der Waals surface area contributed by atoms with E-state index < -0.39 is 0 Å². The molecule has 102 valence electrons.